The molecule has 1 aliphatic carbocycles. The molecule has 23 heavy (non-hydrogen) atoms. The van der Waals surface area contributed by atoms with Crippen LogP contribution in [0.15, 0.2) is 24.3 Å². The minimum atomic E-state index is -0.350. The van der Waals surface area contributed by atoms with Gasteiger partial charge in [0.15, 0.2) is 0 Å². The maximum Gasteiger partial charge on any atom is 0.0614 e. The van der Waals surface area contributed by atoms with Gasteiger partial charge >= 0.3 is 0 Å². The van der Waals surface area contributed by atoms with Crippen molar-refractivity contribution in [3.05, 3.63) is 35.4 Å². The molecule has 0 aromatic heterocycles. The number of aliphatic hydroxyl groups excluding tert-OH is 1. The van der Waals surface area contributed by atoms with Crippen LogP contribution in [0.4, 0.5) is 0 Å². The van der Waals surface area contributed by atoms with Gasteiger partial charge in [-0.15, -0.1) is 0 Å². The van der Waals surface area contributed by atoms with Gasteiger partial charge in [0.05, 0.1) is 6.61 Å². The molecular weight excluding hydrogens is 282 g/mol. The number of aliphatic hydroxyl groups is 1. The molecule has 0 saturated heterocycles. The summed E-state index contributed by atoms with van der Waals surface area (Å²) in [5.74, 6) is 0.428. The van der Waals surface area contributed by atoms with Gasteiger partial charge in [-0.1, -0.05) is 69.7 Å². The van der Waals surface area contributed by atoms with E-state index in [1.165, 1.54) is 56.1 Å². The Morgan fingerprint density at radius 3 is 2.39 bits per heavy atom. The van der Waals surface area contributed by atoms with E-state index in [1.807, 2.05) is 0 Å². The standard InChI is InChI=1S/C21H35NO/c1-2-3-4-5-6-7-9-18-11-13-19(14-12-18)16-20-10-8-15-21(20,22)17-23/h11-14,20,23H,2-10,15-17,22H2,1H3. The Bertz CT molecular complexity index is 442. The van der Waals surface area contributed by atoms with Crippen molar-refractivity contribution in [3.63, 3.8) is 0 Å². The number of nitrogens with two attached hydrogens (primary N) is 1. The minimum absolute atomic E-state index is 0.119. The minimum Gasteiger partial charge on any atom is -0.394 e. The van der Waals surface area contributed by atoms with Crippen LogP contribution in [0.5, 0.6) is 0 Å². The van der Waals surface area contributed by atoms with E-state index in [0.717, 1.165) is 25.7 Å². The first-order chi connectivity index (χ1) is 11.2. The van der Waals surface area contributed by atoms with Crippen molar-refractivity contribution >= 4 is 0 Å². The number of rotatable bonds is 10. The molecule has 0 aliphatic heterocycles. The topological polar surface area (TPSA) is 46.2 Å². The second kappa shape index (κ2) is 9.44. The molecule has 2 unspecified atom stereocenters. The maximum atomic E-state index is 9.57. The number of hydrogen-bond donors (Lipinski definition) is 2. The summed E-state index contributed by atoms with van der Waals surface area (Å²) >= 11 is 0. The van der Waals surface area contributed by atoms with Gasteiger partial charge in [-0.3, -0.25) is 0 Å². The summed E-state index contributed by atoms with van der Waals surface area (Å²) in [6.45, 7) is 2.39. The van der Waals surface area contributed by atoms with E-state index in [2.05, 4.69) is 31.2 Å². The van der Waals surface area contributed by atoms with Crippen LogP contribution in [0.3, 0.4) is 0 Å². The van der Waals surface area contributed by atoms with E-state index in [-0.39, 0.29) is 12.1 Å². The van der Waals surface area contributed by atoms with Crippen molar-refractivity contribution in [1.82, 2.24) is 0 Å². The Morgan fingerprint density at radius 2 is 1.70 bits per heavy atom. The van der Waals surface area contributed by atoms with Gasteiger partial charge in [0.1, 0.15) is 0 Å². The number of unbranched alkanes of at least 4 members (excludes halogenated alkanes) is 5. The van der Waals surface area contributed by atoms with Gasteiger partial charge < -0.3 is 10.8 Å². The van der Waals surface area contributed by atoms with Gasteiger partial charge in [0, 0.05) is 5.54 Å². The van der Waals surface area contributed by atoms with Crippen LogP contribution in [-0.4, -0.2) is 17.3 Å². The zero-order chi connectivity index (χ0) is 16.5. The number of hydrogen-bond acceptors (Lipinski definition) is 2. The van der Waals surface area contributed by atoms with Crippen LogP contribution in [0.1, 0.15) is 75.8 Å². The highest BCUT2D eigenvalue weighted by Gasteiger charge is 2.38. The van der Waals surface area contributed by atoms with Crippen molar-refractivity contribution in [2.45, 2.75) is 83.1 Å². The average molecular weight is 318 g/mol. The molecule has 0 radical (unpaired) electrons. The van der Waals surface area contributed by atoms with Gasteiger partial charge in [-0.2, -0.15) is 0 Å². The summed E-state index contributed by atoms with van der Waals surface area (Å²) in [7, 11) is 0. The van der Waals surface area contributed by atoms with Crippen molar-refractivity contribution in [2.24, 2.45) is 11.7 Å². The molecular formula is C21H35NO. The van der Waals surface area contributed by atoms with Crippen LogP contribution in [0.2, 0.25) is 0 Å². The summed E-state index contributed by atoms with van der Waals surface area (Å²) in [4.78, 5) is 0. The Labute approximate surface area is 142 Å². The lowest BCUT2D eigenvalue weighted by atomic mass is 9.84. The van der Waals surface area contributed by atoms with Crippen LogP contribution < -0.4 is 5.73 Å². The molecule has 2 heteroatoms. The number of benzene rings is 1. The lowest BCUT2D eigenvalue weighted by Gasteiger charge is -2.29. The fourth-order valence-corrected chi connectivity index (χ4v) is 3.92. The molecule has 0 spiro atoms. The predicted molar refractivity (Wildman–Crippen MR) is 98.6 cm³/mol. The van der Waals surface area contributed by atoms with Gasteiger partial charge in [-0.25, -0.2) is 0 Å². The number of aryl methyl sites for hydroxylation is 1. The lowest BCUT2D eigenvalue weighted by molar-refractivity contribution is 0.160. The smallest absolute Gasteiger partial charge is 0.0614 e. The summed E-state index contributed by atoms with van der Waals surface area (Å²) in [5.41, 5.74) is 8.82. The average Bonchev–Trinajstić information content (AvgIpc) is 2.94. The SMILES string of the molecule is CCCCCCCCc1ccc(CC2CCCC2(N)CO)cc1. The lowest BCUT2D eigenvalue weighted by Crippen LogP contribution is -2.47. The van der Waals surface area contributed by atoms with Crippen LogP contribution >= 0.6 is 0 Å². The molecule has 2 rings (SSSR count). The Balaban J connectivity index is 1.74. The molecule has 3 N–H and O–H groups in total. The van der Waals surface area contributed by atoms with Crippen LogP contribution in [-0.2, 0) is 12.8 Å². The normalized spacial score (nSPS) is 24.2. The third kappa shape index (κ3) is 5.61. The Morgan fingerprint density at radius 1 is 1.04 bits per heavy atom. The molecule has 0 heterocycles. The molecule has 130 valence electrons. The fraction of sp³-hybridized carbons (Fsp3) is 0.714. The zero-order valence-electron chi connectivity index (χ0n) is 14.9. The Kier molecular flexibility index (Phi) is 7.58. The monoisotopic (exact) mass is 317 g/mol. The largest absolute Gasteiger partial charge is 0.394 e. The molecule has 1 aromatic carbocycles. The molecule has 0 amide bonds. The van der Waals surface area contributed by atoms with E-state index in [1.54, 1.807) is 0 Å². The van der Waals surface area contributed by atoms with Crippen molar-refractivity contribution in [2.75, 3.05) is 6.61 Å². The predicted octanol–water partition coefficient (Wildman–Crippen LogP) is 4.62. The van der Waals surface area contributed by atoms with Crippen molar-refractivity contribution in [3.8, 4) is 0 Å². The van der Waals surface area contributed by atoms with Crippen LogP contribution in [0, 0.1) is 5.92 Å². The zero-order valence-corrected chi connectivity index (χ0v) is 14.9. The highest BCUT2D eigenvalue weighted by atomic mass is 16.3. The molecule has 1 saturated carbocycles. The van der Waals surface area contributed by atoms with Crippen LogP contribution in [0.25, 0.3) is 0 Å². The second-order valence-corrected chi connectivity index (χ2v) is 7.52. The summed E-state index contributed by atoms with van der Waals surface area (Å²) in [5, 5.41) is 9.57. The third-order valence-electron chi connectivity index (χ3n) is 5.63. The van der Waals surface area contributed by atoms with E-state index in [4.69, 9.17) is 5.73 Å². The van der Waals surface area contributed by atoms with E-state index in [9.17, 15) is 5.11 Å². The Hall–Kier alpha value is -0.860. The first-order valence-electron chi connectivity index (χ1n) is 9.65. The quantitative estimate of drug-likeness (QED) is 0.618. The molecule has 1 fully saturated rings. The molecule has 2 nitrogen and oxygen atoms in total. The van der Waals surface area contributed by atoms with E-state index in [0.29, 0.717) is 5.92 Å². The van der Waals surface area contributed by atoms with Gasteiger partial charge in [-0.05, 0) is 49.1 Å². The third-order valence-corrected chi connectivity index (χ3v) is 5.63. The summed E-state index contributed by atoms with van der Waals surface area (Å²) in [6.07, 6.45) is 13.6. The molecule has 2 atom stereocenters. The van der Waals surface area contributed by atoms with Crippen molar-refractivity contribution < 1.29 is 5.11 Å². The van der Waals surface area contributed by atoms with E-state index < -0.39 is 0 Å². The highest BCUT2D eigenvalue weighted by molar-refractivity contribution is 5.24. The first kappa shape index (κ1) is 18.5. The first-order valence-corrected chi connectivity index (χ1v) is 9.65. The maximum absolute atomic E-state index is 9.57. The second-order valence-electron chi connectivity index (χ2n) is 7.52. The molecule has 0 bridgehead atoms. The van der Waals surface area contributed by atoms with Gasteiger partial charge in [0.2, 0.25) is 0 Å². The van der Waals surface area contributed by atoms with E-state index >= 15 is 0 Å². The molecule has 1 aromatic rings. The van der Waals surface area contributed by atoms with Gasteiger partial charge in [0.25, 0.3) is 0 Å². The van der Waals surface area contributed by atoms with Crippen molar-refractivity contribution in [1.29, 1.82) is 0 Å². The fourth-order valence-electron chi connectivity index (χ4n) is 3.92. The molecule has 1 aliphatic rings. The summed E-state index contributed by atoms with van der Waals surface area (Å²) < 4.78 is 0. The summed E-state index contributed by atoms with van der Waals surface area (Å²) in [6, 6.07) is 9.10. The highest BCUT2D eigenvalue weighted by Crippen LogP contribution is 2.35.